The zero-order valence-corrected chi connectivity index (χ0v) is 7.72. The highest BCUT2D eigenvalue weighted by atomic mass is 15.1. The van der Waals surface area contributed by atoms with Crippen LogP contribution in [0.4, 0.5) is 0 Å². The van der Waals surface area contributed by atoms with Crippen molar-refractivity contribution < 1.29 is 0 Å². The van der Waals surface area contributed by atoms with Gasteiger partial charge in [-0.1, -0.05) is 0 Å². The van der Waals surface area contributed by atoms with Crippen LogP contribution < -0.4 is 10.6 Å². The molecule has 0 amide bonds. The van der Waals surface area contributed by atoms with E-state index in [2.05, 4.69) is 36.6 Å². The number of nitrogens with one attached hydrogen (secondary N) is 2. The van der Waals surface area contributed by atoms with Crippen LogP contribution in [0.3, 0.4) is 0 Å². The number of rotatable bonds is 2. The summed E-state index contributed by atoms with van der Waals surface area (Å²) in [7, 11) is 4.22. The maximum Gasteiger partial charge on any atom is 0.0322 e. The van der Waals surface area contributed by atoms with Crippen LogP contribution in [-0.4, -0.2) is 50.7 Å². The molecule has 1 saturated heterocycles. The van der Waals surface area contributed by atoms with E-state index in [1.54, 1.807) is 0 Å². The Kier molecular flexibility index (Phi) is 3.30. The van der Waals surface area contributed by atoms with Crippen molar-refractivity contribution in [1.82, 2.24) is 15.5 Å². The van der Waals surface area contributed by atoms with Gasteiger partial charge in [-0.3, -0.25) is 0 Å². The van der Waals surface area contributed by atoms with Gasteiger partial charge in [-0.25, -0.2) is 0 Å². The van der Waals surface area contributed by atoms with Crippen LogP contribution >= 0.6 is 0 Å². The first-order valence-electron chi connectivity index (χ1n) is 4.30. The van der Waals surface area contributed by atoms with Gasteiger partial charge in [-0.05, 0) is 21.0 Å². The van der Waals surface area contributed by atoms with Gasteiger partial charge in [-0.15, -0.1) is 0 Å². The third-order valence-electron chi connectivity index (χ3n) is 1.95. The summed E-state index contributed by atoms with van der Waals surface area (Å²) in [5, 5.41) is 6.94. The fourth-order valence-corrected chi connectivity index (χ4v) is 1.55. The molecule has 2 atom stereocenters. The molecule has 0 spiro atoms. The molecule has 0 aromatic heterocycles. The van der Waals surface area contributed by atoms with Crippen molar-refractivity contribution in [2.75, 3.05) is 33.7 Å². The molecule has 0 aromatic rings. The second kappa shape index (κ2) is 4.04. The van der Waals surface area contributed by atoms with Gasteiger partial charge < -0.3 is 15.5 Å². The lowest BCUT2D eigenvalue weighted by Gasteiger charge is -2.31. The standard InChI is InChI=1S/C8H19N3/c1-7-4-9-5-8(10-7)6-11(2)3/h7-10H,4-6H2,1-3H3. The summed E-state index contributed by atoms with van der Waals surface area (Å²) in [4.78, 5) is 2.22. The van der Waals surface area contributed by atoms with Gasteiger partial charge in [0.1, 0.15) is 0 Å². The van der Waals surface area contributed by atoms with Crippen LogP contribution in [0.5, 0.6) is 0 Å². The van der Waals surface area contributed by atoms with E-state index >= 15 is 0 Å². The lowest BCUT2D eigenvalue weighted by atomic mass is 10.1. The molecule has 3 nitrogen and oxygen atoms in total. The number of likely N-dealkylation sites (N-methyl/N-ethyl adjacent to an activating group) is 1. The quantitative estimate of drug-likeness (QED) is 0.566. The molecule has 0 aliphatic carbocycles. The normalized spacial score (nSPS) is 32.7. The Morgan fingerprint density at radius 3 is 2.64 bits per heavy atom. The average Bonchev–Trinajstić information content (AvgIpc) is 1.85. The van der Waals surface area contributed by atoms with Crippen molar-refractivity contribution in [1.29, 1.82) is 0 Å². The zero-order valence-electron chi connectivity index (χ0n) is 7.72. The highest BCUT2D eigenvalue weighted by Gasteiger charge is 2.16. The van der Waals surface area contributed by atoms with Gasteiger partial charge in [0.2, 0.25) is 0 Å². The molecule has 1 aliphatic rings. The van der Waals surface area contributed by atoms with Crippen LogP contribution in [0.1, 0.15) is 6.92 Å². The molecule has 11 heavy (non-hydrogen) atoms. The van der Waals surface area contributed by atoms with Gasteiger partial charge in [0.25, 0.3) is 0 Å². The largest absolute Gasteiger partial charge is 0.314 e. The maximum absolute atomic E-state index is 3.54. The maximum atomic E-state index is 3.54. The summed E-state index contributed by atoms with van der Waals surface area (Å²) in [6.45, 7) is 5.54. The second-order valence-electron chi connectivity index (χ2n) is 3.69. The van der Waals surface area contributed by atoms with Crippen LogP contribution in [0, 0.1) is 0 Å². The topological polar surface area (TPSA) is 27.3 Å². The minimum atomic E-state index is 0.619. The Labute approximate surface area is 69.1 Å². The van der Waals surface area contributed by atoms with Crippen molar-refractivity contribution in [2.24, 2.45) is 0 Å². The third kappa shape index (κ3) is 3.18. The first-order valence-corrected chi connectivity index (χ1v) is 4.30. The molecule has 1 aliphatic heterocycles. The predicted octanol–water partition coefficient (Wildman–Crippen LogP) is -0.502. The number of nitrogens with zero attached hydrogens (tertiary/aromatic N) is 1. The van der Waals surface area contributed by atoms with E-state index < -0.39 is 0 Å². The van der Waals surface area contributed by atoms with E-state index in [0.717, 1.165) is 19.6 Å². The molecule has 2 unspecified atom stereocenters. The average molecular weight is 157 g/mol. The Balaban J connectivity index is 2.23. The van der Waals surface area contributed by atoms with Gasteiger partial charge >= 0.3 is 0 Å². The summed E-state index contributed by atoms with van der Waals surface area (Å²) in [6.07, 6.45) is 0. The van der Waals surface area contributed by atoms with E-state index in [-0.39, 0.29) is 0 Å². The number of hydrogen-bond donors (Lipinski definition) is 2. The van der Waals surface area contributed by atoms with Gasteiger partial charge in [0.05, 0.1) is 0 Å². The molecule has 1 rings (SSSR count). The van der Waals surface area contributed by atoms with Gasteiger partial charge in [0.15, 0.2) is 0 Å². The Morgan fingerprint density at radius 1 is 1.36 bits per heavy atom. The highest BCUT2D eigenvalue weighted by molar-refractivity contribution is 4.81. The fourth-order valence-electron chi connectivity index (χ4n) is 1.55. The first kappa shape index (κ1) is 8.97. The Morgan fingerprint density at radius 2 is 2.09 bits per heavy atom. The Hall–Kier alpha value is -0.120. The Bertz CT molecular complexity index is 112. The minimum Gasteiger partial charge on any atom is -0.314 e. The monoisotopic (exact) mass is 157 g/mol. The van der Waals surface area contributed by atoms with E-state index in [1.165, 1.54) is 0 Å². The van der Waals surface area contributed by atoms with Crippen molar-refractivity contribution in [3.63, 3.8) is 0 Å². The summed E-state index contributed by atoms with van der Waals surface area (Å²) in [5.74, 6) is 0. The SMILES string of the molecule is CC1CNCC(CN(C)C)N1. The smallest absolute Gasteiger partial charge is 0.0322 e. The van der Waals surface area contributed by atoms with Crippen LogP contribution in [0.2, 0.25) is 0 Å². The van der Waals surface area contributed by atoms with Crippen molar-refractivity contribution >= 4 is 0 Å². The third-order valence-corrected chi connectivity index (χ3v) is 1.95. The highest BCUT2D eigenvalue weighted by Crippen LogP contribution is 1.94. The molecule has 2 N–H and O–H groups in total. The van der Waals surface area contributed by atoms with Crippen molar-refractivity contribution in [2.45, 2.75) is 19.0 Å². The van der Waals surface area contributed by atoms with Crippen LogP contribution in [0.25, 0.3) is 0 Å². The molecule has 0 radical (unpaired) electrons. The lowest BCUT2D eigenvalue weighted by Crippen LogP contribution is -2.56. The zero-order chi connectivity index (χ0) is 8.27. The molecule has 66 valence electrons. The predicted molar refractivity (Wildman–Crippen MR) is 47.8 cm³/mol. The summed E-state index contributed by atoms with van der Waals surface area (Å²) < 4.78 is 0. The summed E-state index contributed by atoms with van der Waals surface area (Å²) >= 11 is 0. The van der Waals surface area contributed by atoms with Crippen molar-refractivity contribution in [3.8, 4) is 0 Å². The molecule has 0 aromatic carbocycles. The number of hydrogen-bond acceptors (Lipinski definition) is 3. The fraction of sp³-hybridized carbons (Fsp3) is 1.00. The van der Waals surface area contributed by atoms with E-state index in [9.17, 15) is 0 Å². The van der Waals surface area contributed by atoms with Crippen molar-refractivity contribution in [3.05, 3.63) is 0 Å². The van der Waals surface area contributed by atoms with E-state index in [0.29, 0.717) is 12.1 Å². The van der Waals surface area contributed by atoms with Crippen LogP contribution in [0.15, 0.2) is 0 Å². The molecular formula is C8H19N3. The molecule has 1 heterocycles. The summed E-state index contributed by atoms with van der Waals surface area (Å²) in [6, 6.07) is 1.24. The molecule has 1 fully saturated rings. The first-order chi connectivity index (χ1) is 5.18. The van der Waals surface area contributed by atoms with Gasteiger partial charge in [0, 0.05) is 31.7 Å². The second-order valence-corrected chi connectivity index (χ2v) is 3.69. The van der Waals surface area contributed by atoms with E-state index in [4.69, 9.17) is 0 Å². The lowest BCUT2D eigenvalue weighted by molar-refractivity contribution is 0.279. The molecular weight excluding hydrogens is 138 g/mol. The number of piperazine rings is 1. The molecule has 0 saturated carbocycles. The summed E-state index contributed by atoms with van der Waals surface area (Å²) in [5.41, 5.74) is 0. The molecule has 0 bridgehead atoms. The van der Waals surface area contributed by atoms with Crippen LogP contribution in [-0.2, 0) is 0 Å². The minimum absolute atomic E-state index is 0.619. The molecule has 3 heteroatoms. The van der Waals surface area contributed by atoms with Gasteiger partial charge in [-0.2, -0.15) is 0 Å². The van der Waals surface area contributed by atoms with E-state index in [1.807, 2.05) is 0 Å².